The lowest BCUT2D eigenvalue weighted by molar-refractivity contribution is 0.660. The standard InChI is InChI=1S/C52H39N/c1-52(2)50-33-40(39-17-18-42-31-41-15-9-10-16-46(41)49(42)32-39)23-29-47(50)48-30-28-45(34-51(48)52)53(43-24-19-37(20-25-43)35-11-5-3-6-12-35)44-26-21-38(22-27-44)36-13-7-4-8-14-36/h3-30,32-34H,31H2,1-2H3. The Labute approximate surface area is 312 Å². The molecular formula is C52H39N. The number of anilines is 3. The number of fused-ring (bicyclic) bond motifs is 6. The summed E-state index contributed by atoms with van der Waals surface area (Å²) in [6, 6.07) is 69.2. The predicted octanol–water partition coefficient (Wildman–Crippen LogP) is 14.0. The van der Waals surface area contributed by atoms with Crippen LogP contribution in [-0.2, 0) is 11.8 Å². The van der Waals surface area contributed by atoms with E-state index in [0.717, 1.165) is 23.5 Å². The number of benzene rings is 8. The average Bonchev–Trinajstić information content (AvgIpc) is 3.70. The lowest BCUT2D eigenvalue weighted by Gasteiger charge is -2.28. The molecule has 2 aliphatic rings. The van der Waals surface area contributed by atoms with Crippen molar-refractivity contribution >= 4 is 17.1 Å². The molecule has 0 heterocycles. The van der Waals surface area contributed by atoms with Gasteiger partial charge in [0.15, 0.2) is 0 Å². The fraction of sp³-hybridized carbons (Fsp3) is 0.0769. The first-order valence-corrected chi connectivity index (χ1v) is 18.6. The van der Waals surface area contributed by atoms with Crippen molar-refractivity contribution in [3.63, 3.8) is 0 Å². The van der Waals surface area contributed by atoms with E-state index in [9.17, 15) is 0 Å². The van der Waals surface area contributed by atoms with Gasteiger partial charge in [0.1, 0.15) is 0 Å². The van der Waals surface area contributed by atoms with E-state index in [-0.39, 0.29) is 5.41 Å². The highest BCUT2D eigenvalue weighted by atomic mass is 15.1. The molecule has 1 heteroatoms. The first-order chi connectivity index (χ1) is 26.0. The largest absolute Gasteiger partial charge is 0.310 e. The molecule has 0 spiro atoms. The topological polar surface area (TPSA) is 3.24 Å². The molecule has 53 heavy (non-hydrogen) atoms. The zero-order valence-corrected chi connectivity index (χ0v) is 30.1. The monoisotopic (exact) mass is 677 g/mol. The minimum absolute atomic E-state index is 0.167. The predicted molar refractivity (Wildman–Crippen MR) is 223 cm³/mol. The summed E-state index contributed by atoms with van der Waals surface area (Å²) in [5, 5.41) is 0. The molecule has 0 saturated carbocycles. The maximum Gasteiger partial charge on any atom is 0.0465 e. The van der Waals surface area contributed by atoms with E-state index in [1.165, 1.54) is 77.9 Å². The van der Waals surface area contributed by atoms with E-state index in [2.05, 4.69) is 207 Å². The van der Waals surface area contributed by atoms with Crippen LogP contribution in [0.1, 0.15) is 36.1 Å². The Hall–Kier alpha value is -6.44. The molecule has 1 nitrogen and oxygen atoms in total. The van der Waals surface area contributed by atoms with Gasteiger partial charge in [0, 0.05) is 22.5 Å². The van der Waals surface area contributed by atoms with Gasteiger partial charge in [0.2, 0.25) is 0 Å². The van der Waals surface area contributed by atoms with Gasteiger partial charge in [0.05, 0.1) is 0 Å². The van der Waals surface area contributed by atoms with E-state index in [4.69, 9.17) is 0 Å². The number of nitrogens with zero attached hydrogens (tertiary/aromatic N) is 1. The van der Waals surface area contributed by atoms with E-state index in [0.29, 0.717) is 0 Å². The molecule has 252 valence electrons. The molecule has 0 atom stereocenters. The van der Waals surface area contributed by atoms with Crippen LogP contribution in [0.15, 0.2) is 188 Å². The Morgan fingerprint density at radius 2 is 0.792 bits per heavy atom. The highest BCUT2D eigenvalue weighted by molar-refractivity contribution is 5.89. The first-order valence-electron chi connectivity index (χ1n) is 18.6. The Kier molecular flexibility index (Phi) is 7.30. The summed E-state index contributed by atoms with van der Waals surface area (Å²) in [5.41, 5.74) is 21.7. The van der Waals surface area contributed by atoms with Gasteiger partial charge >= 0.3 is 0 Å². The minimum atomic E-state index is -0.167. The molecule has 0 fully saturated rings. The third kappa shape index (κ3) is 5.31. The average molecular weight is 678 g/mol. The second-order valence-electron chi connectivity index (χ2n) is 15.0. The maximum absolute atomic E-state index is 2.44. The number of hydrogen-bond acceptors (Lipinski definition) is 1. The van der Waals surface area contributed by atoms with Crippen molar-refractivity contribution in [1.29, 1.82) is 0 Å². The van der Waals surface area contributed by atoms with Gasteiger partial charge in [0.25, 0.3) is 0 Å². The summed E-state index contributed by atoms with van der Waals surface area (Å²) in [5.74, 6) is 0. The molecule has 0 unspecified atom stereocenters. The van der Waals surface area contributed by atoms with Crippen LogP contribution in [0.4, 0.5) is 17.1 Å². The third-order valence-corrected chi connectivity index (χ3v) is 11.5. The fourth-order valence-electron chi connectivity index (χ4n) is 8.66. The van der Waals surface area contributed by atoms with E-state index in [1.54, 1.807) is 0 Å². The van der Waals surface area contributed by atoms with Crippen LogP contribution in [0, 0.1) is 0 Å². The van der Waals surface area contributed by atoms with Crippen LogP contribution in [0.5, 0.6) is 0 Å². The van der Waals surface area contributed by atoms with Crippen LogP contribution in [0.3, 0.4) is 0 Å². The van der Waals surface area contributed by atoms with Gasteiger partial charge in [-0.15, -0.1) is 0 Å². The molecule has 0 aliphatic heterocycles. The highest BCUT2D eigenvalue weighted by Gasteiger charge is 2.36. The molecule has 2 aliphatic carbocycles. The van der Waals surface area contributed by atoms with Crippen molar-refractivity contribution in [3.8, 4) is 55.6 Å². The molecule has 0 radical (unpaired) electrons. The van der Waals surface area contributed by atoms with Crippen molar-refractivity contribution in [2.24, 2.45) is 0 Å². The van der Waals surface area contributed by atoms with Gasteiger partial charge in [-0.3, -0.25) is 0 Å². The Morgan fingerprint density at radius 3 is 1.43 bits per heavy atom. The van der Waals surface area contributed by atoms with E-state index >= 15 is 0 Å². The number of hydrogen-bond donors (Lipinski definition) is 0. The SMILES string of the molecule is CC1(C)c2cc(-c3ccc4c(c3)-c3ccccc3C4)ccc2-c2ccc(N(c3ccc(-c4ccccc4)cc3)c3ccc(-c4ccccc4)cc3)cc21. The molecule has 0 bridgehead atoms. The van der Waals surface area contributed by atoms with Crippen LogP contribution < -0.4 is 4.90 Å². The van der Waals surface area contributed by atoms with Crippen molar-refractivity contribution < 1.29 is 0 Å². The quantitative estimate of drug-likeness (QED) is 0.169. The van der Waals surface area contributed by atoms with Gasteiger partial charge in [-0.2, -0.15) is 0 Å². The summed E-state index contributed by atoms with van der Waals surface area (Å²) in [6.07, 6.45) is 1.02. The summed E-state index contributed by atoms with van der Waals surface area (Å²) in [4.78, 5) is 2.40. The van der Waals surface area contributed by atoms with Gasteiger partial charge in [-0.05, 0) is 133 Å². The Bertz CT molecular complexity index is 2550. The van der Waals surface area contributed by atoms with E-state index < -0.39 is 0 Å². The van der Waals surface area contributed by atoms with Crippen LogP contribution in [-0.4, -0.2) is 0 Å². The van der Waals surface area contributed by atoms with E-state index in [1.807, 2.05) is 0 Å². The van der Waals surface area contributed by atoms with Gasteiger partial charge in [-0.25, -0.2) is 0 Å². The molecule has 8 aromatic rings. The van der Waals surface area contributed by atoms with Crippen molar-refractivity contribution in [3.05, 3.63) is 210 Å². The first kappa shape index (κ1) is 31.3. The molecule has 0 saturated heterocycles. The molecule has 10 rings (SSSR count). The van der Waals surface area contributed by atoms with Crippen LogP contribution in [0.25, 0.3) is 55.6 Å². The minimum Gasteiger partial charge on any atom is -0.310 e. The number of rotatable bonds is 6. The summed E-state index contributed by atoms with van der Waals surface area (Å²) in [6.45, 7) is 4.77. The van der Waals surface area contributed by atoms with Crippen LogP contribution >= 0.6 is 0 Å². The molecule has 8 aromatic carbocycles. The van der Waals surface area contributed by atoms with Crippen molar-refractivity contribution in [2.45, 2.75) is 25.7 Å². The second-order valence-corrected chi connectivity index (χ2v) is 15.0. The normalized spacial score (nSPS) is 13.2. The lowest BCUT2D eigenvalue weighted by Crippen LogP contribution is -2.16. The molecule has 0 aromatic heterocycles. The zero-order chi connectivity index (χ0) is 35.5. The smallest absolute Gasteiger partial charge is 0.0465 e. The van der Waals surface area contributed by atoms with Gasteiger partial charge in [-0.1, -0.05) is 153 Å². The third-order valence-electron chi connectivity index (χ3n) is 11.5. The summed E-state index contributed by atoms with van der Waals surface area (Å²) < 4.78 is 0. The molecule has 0 N–H and O–H groups in total. The highest BCUT2D eigenvalue weighted by Crippen LogP contribution is 2.52. The van der Waals surface area contributed by atoms with Crippen LogP contribution in [0.2, 0.25) is 0 Å². The zero-order valence-electron chi connectivity index (χ0n) is 30.1. The lowest BCUT2D eigenvalue weighted by atomic mass is 9.81. The van der Waals surface area contributed by atoms with Crippen molar-refractivity contribution in [2.75, 3.05) is 4.90 Å². The molecule has 0 amide bonds. The van der Waals surface area contributed by atoms with Gasteiger partial charge < -0.3 is 4.90 Å². The summed E-state index contributed by atoms with van der Waals surface area (Å²) in [7, 11) is 0. The second kappa shape index (κ2) is 12.4. The Balaban J connectivity index is 1.04. The maximum atomic E-state index is 2.44. The van der Waals surface area contributed by atoms with Crippen molar-refractivity contribution in [1.82, 2.24) is 0 Å². The summed E-state index contributed by atoms with van der Waals surface area (Å²) >= 11 is 0. The molecular weight excluding hydrogens is 639 g/mol. The Morgan fingerprint density at radius 1 is 0.340 bits per heavy atom. The fourth-order valence-corrected chi connectivity index (χ4v) is 8.66.